The fourth-order valence-electron chi connectivity index (χ4n) is 2.87. The molecule has 2 heterocycles. The molecule has 8 heteroatoms. The van der Waals surface area contributed by atoms with E-state index in [0.717, 1.165) is 18.7 Å². The first-order chi connectivity index (χ1) is 11.1. The summed E-state index contributed by atoms with van der Waals surface area (Å²) < 4.78 is 7.11. The highest BCUT2D eigenvalue weighted by atomic mass is 35.5. The molecule has 1 aliphatic rings. The summed E-state index contributed by atoms with van der Waals surface area (Å²) in [6.45, 7) is 0.673. The van der Waals surface area contributed by atoms with Crippen LogP contribution in [0.4, 0.5) is 10.5 Å². The van der Waals surface area contributed by atoms with Crippen molar-refractivity contribution in [1.82, 2.24) is 19.7 Å². The van der Waals surface area contributed by atoms with Crippen LogP contribution in [0, 0.1) is 0 Å². The standard InChI is InChI=1S/C15H18ClN5O2/c1-20-9-17-19-14(20)12-7-4-8-21(12)15(22)18-11-6-3-5-10(16)13(11)23-2/h3,5-6,9,12H,4,7-8H2,1-2H3,(H,18,22)/t12-/m0/s1. The molecular weight excluding hydrogens is 318 g/mol. The maximum Gasteiger partial charge on any atom is 0.322 e. The first-order valence-electron chi connectivity index (χ1n) is 7.36. The van der Waals surface area contributed by atoms with Crippen molar-refractivity contribution < 1.29 is 9.53 Å². The summed E-state index contributed by atoms with van der Waals surface area (Å²) in [6.07, 6.45) is 3.44. The van der Waals surface area contributed by atoms with E-state index in [9.17, 15) is 4.79 Å². The molecule has 2 aromatic rings. The molecule has 2 amide bonds. The van der Waals surface area contributed by atoms with E-state index in [0.29, 0.717) is 23.0 Å². The number of halogens is 1. The lowest BCUT2D eigenvalue weighted by molar-refractivity contribution is 0.204. The summed E-state index contributed by atoms with van der Waals surface area (Å²) in [4.78, 5) is 14.4. The van der Waals surface area contributed by atoms with E-state index in [1.807, 2.05) is 11.6 Å². The number of ether oxygens (including phenoxy) is 1. The zero-order valence-corrected chi connectivity index (χ0v) is 13.7. The Balaban J connectivity index is 1.81. The van der Waals surface area contributed by atoms with Crippen molar-refractivity contribution in [1.29, 1.82) is 0 Å². The number of nitrogens with one attached hydrogen (secondary N) is 1. The van der Waals surface area contributed by atoms with E-state index >= 15 is 0 Å². The average Bonchev–Trinajstić information content (AvgIpc) is 3.15. The minimum atomic E-state index is -0.198. The third-order valence-corrected chi connectivity index (χ3v) is 4.27. The summed E-state index contributed by atoms with van der Waals surface area (Å²) in [5, 5.41) is 11.4. The molecule has 0 spiro atoms. The number of urea groups is 1. The summed E-state index contributed by atoms with van der Waals surface area (Å²) in [5.74, 6) is 1.24. The van der Waals surface area contributed by atoms with Crippen molar-refractivity contribution >= 4 is 23.3 Å². The lowest BCUT2D eigenvalue weighted by Crippen LogP contribution is -2.35. The first-order valence-corrected chi connectivity index (χ1v) is 7.73. The Morgan fingerprint density at radius 1 is 1.48 bits per heavy atom. The molecule has 23 heavy (non-hydrogen) atoms. The molecule has 1 saturated heterocycles. The Labute approximate surface area is 139 Å². The maximum absolute atomic E-state index is 12.7. The number of nitrogens with zero attached hydrogens (tertiary/aromatic N) is 4. The van der Waals surface area contributed by atoms with E-state index in [1.165, 1.54) is 7.11 Å². The third-order valence-electron chi connectivity index (χ3n) is 3.97. The van der Waals surface area contributed by atoms with Crippen molar-refractivity contribution in [3.8, 4) is 5.75 Å². The Hall–Kier alpha value is -2.28. The number of methoxy groups -OCH3 is 1. The molecule has 7 nitrogen and oxygen atoms in total. The number of para-hydroxylation sites is 1. The normalized spacial score (nSPS) is 17.3. The molecule has 3 rings (SSSR count). The fraction of sp³-hybridized carbons (Fsp3) is 0.400. The number of amides is 2. The van der Waals surface area contributed by atoms with Crippen LogP contribution in [0.2, 0.25) is 5.02 Å². The predicted molar refractivity (Wildman–Crippen MR) is 86.7 cm³/mol. The van der Waals surface area contributed by atoms with Gasteiger partial charge in [-0.15, -0.1) is 10.2 Å². The van der Waals surface area contributed by atoms with Crippen LogP contribution in [-0.4, -0.2) is 39.4 Å². The van der Waals surface area contributed by atoms with Gasteiger partial charge in [0.25, 0.3) is 0 Å². The molecule has 1 aliphatic heterocycles. The van der Waals surface area contributed by atoms with Gasteiger partial charge in [-0.25, -0.2) is 4.79 Å². The Kier molecular flexibility index (Phi) is 4.38. The molecule has 1 fully saturated rings. The summed E-state index contributed by atoms with van der Waals surface area (Å²) >= 11 is 6.09. The van der Waals surface area contributed by atoms with E-state index in [-0.39, 0.29) is 12.1 Å². The van der Waals surface area contributed by atoms with Crippen LogP contribution in [-0.2, 0) is 7.05 Å². The molecule has 0 aliphatic carbocycles. The van der Waals surface area contributed by atoms with Crippen molar-refractivity contribution in [2.75, 3.05) is 19.0 Å². The van der Waals surface area contributed by atoms with Gasteiger partial charge in [0, 0.05) is 13.6 Å². The van der Waals surface area contributed by atoms with Crippen LogP contribution in [0.15, 0.2) is 24.5 Å². The van der Waals surface area contributed by atoms with E-state index in [1.54, 1.807) is 29.4 Å². The quantitative estimate of drug-likeness (QED) is 0.936. The van der Waals surface area contributed by atoms with Crippen molar-refractivity contribution in [2.45, 2.75) is 18.9 Å². The van der Waals surface area contributed by atoms with Gasteiger partial charge in [-0.2, -0.15) is 0 Å². The number of carbonyl (C=O) groups excluding carboxylic acids is 1. The SMILES string of the molecule is COc1c(Cl)cccc1NC(=O)N1CCC[C@H]1c1nncn1C. The Morgan fingerprint density at radius 3 is 3.00 bits per heavy atom. The lowest BCUT2D eigenvalue weighted by atomic mass is 10.2. The van der Waals surface area contributed by atoms with Gasteiger partial charge in [0.1, 0.15) is 6.33 Å². The molecule has 1 aromatic carbocycles. The van der Waals surface area contributed by atoms with Crippen LogP contribution in [0.1, 0.15) is 24.7 Å². The Morgan fingerprint density at radius 2 is 2.30 bits per heavy atom. The van der Waals surface area contributed by atoms with Gasteiger partial charge in [-0.05, 0) is 25.0 Å². The van der Waals surface area contributed by atoms with Crippen LogP contribution < -0.4 is 10.1 Å². The number of rotatable bonds is 3. The van der Waals surface area contributed by atoms with Crippen LogP contribution >= 0.6 is 11.6 Å². The van der Waals surface area contributed by atoms with Gasteiger partial charge in [0.05, 0.1) is 23.9 Å². The van der Waals surface area contributed by atoms with Crippen LogP contribution in [0.3, 0.4) is 0 Å². The van der Waals surface area contributed by atoms with Crippen molar-refractivity contribution in [3.63, 3.8) is 0 Å². The highest BCUT2D eigenvalue weighted by molar-refractivity contribution is 6.32. The number of hydrogen-bond acceptors (Lipinski definition) is 4. The smallest absolute Gasteiger partial charge is 0.322 e. The first kappa shape index (κ1) is 15.6. The highest BCUT2D eigenvalue weighted by Gasteiger charge is 2.33. The van der Waals surface area contributed by atoms with Crippen molar-refractivity contribution in [2.24, 2.45) is 7.05 Å². The number of likely N-dealkylation sites (tertiary alicyclic amines) is 1. The second-order valence-corrected chi connectivity index (χ2v) is 5.81. The highest BCUT2D eigenvalue weighted by Crippen LogP contribution is 2.35. The number of benzene rings is 1. The van der Waals surface area contributed by atoms with Crippen LogP contribution in [0.25, 0.3) is 0 Å². The van der Waals surface area contributed by atoms with Gasteiger partial charge in [0.2, 0.25) is 0 Å². The van der Waals surface area contributed by atoms with E-state index in [4.69, 9.17) is 16.3 Å². The number of carbonyl (C=O) groups is 1. The minimum Gasteiger partial charge on any atom is -0.493 e. The summed E-state index contributed by atoms with van der Waals surface area (Å²) in [7, 11) is 3.40. The second kappa shape index (κ2) is 6.45. The fourth-order valence-corrected chi connectivity index (χ4v) is 3.13. The zero-order valence-electron chi connectivity index (χ0n) is 13.0. The molecule has 122 valence electrons. The van der Waals surface area contributed by atoms with E-state index < -0.39 is 0 Å². The molecule has 1 aromatic heterocycles. The van der Waals surface area contributed by atoms with E-state index in [2.05, 4.69) is 15.5 Å². The minimum absolute atomic E-state index is 0.0762. The summed E-state index contributed by atoms with van der Waals surface area (Å²) in [6, 6.07) is 4.97. The second-order valence-electron chi connectivity index (χ2n) is 5.40. The zero-order chi connectivity index (χ0) is 16.4. The number of anilines is 1. The molecule has 0 bridgehead atoms. The molecule has 1 atom stereocenters. The van der Waals surface area contributed by atoms with Gasteiger partial charge >= 0.3 is 6.03 Å². The van der Waals surface area contributed by atoms with Gasteiger partial charge in [-0.1, -0.05) is 17.7 Å². The molecule has 0 saturated carbocycles. The molecule has 0 unspecified atom stereocenters. The van der Waals surface area contributed by atoms with Crippen LogP contribution in [0.5, 0.6) is 5.75 Å². The maximum atomic E-state index is 12.7. The predicted octanol–water partition coefficient (Wildman–Crippen LogP) is 2.85. The molecular formula is C15H18ClN5O2. The van der Waals surface area contributed by atoms with Gasteiger partial charge in [0.15, 0.2) is 11.6 Å². The number of hydrogen-bond donors (Lipinski definition) is 1. The molecule has 0 radical (unpaired) electrons. The van der Waals surface area contributed by atoms with Crippen molar-refractivity contribution in [3.05, 3.63) is 35.4 Å². The third kappa shape index (κ3) is 2.96. The van der Waals surface area contributed by atoms with Gasteiger partial charge < -0.3 is 19.5 Å². The lowest BCUT2D eigenvalue weighted by Gasteiger charge is -2.24. The average molecular weight is 336 g/mol. The molecule has 1 N–H and O–H groups in total. The topological polar surface area (TPSA) is 72.3 Å². The summed E-state index contributed by atoms with van der Waals surface area (Å²) in [5.41, 5.74) is 0.550. The number of aromatic nitrogens is 3. The monoisotopic (exact) mass is 335 g/mol. The Bertz CT molecular complexity index is 718. The van der Waals surface area contributed by atoms with Gasteiger partial charge in [-0.3, -0.25) is 0 Å². The largest absolute Gasteiger partial charge is 0.493 e. The number of aryl methyl sites for hydroxylation is 1.